The third kappa shape index (κ3) is 3.83. The average Bonchev–Trinajstić information content (AvgIpc) is 3.14. The second-order valence-electron chi connectivity index (χ2n) is 6.08. The van der Waals surface area contributed by atoms with Crippen molar-refractivity contribution in [2.75, 3.05) is 19.6 Å². The fourth-order valence-corrected chi connectivity index (χ4v) is 3.09. The molecule has 2 fully saturated rings. The van der Waals surface area contributed by atoms with Crippen LogP contribution in [0.4, 0.5) is 4.39 Å². The van der Waals surface area contributed by atoms with Crippen molar-refractivity contribution in [3.05, 3.63) is 34.1 Å². The van der Waals surface area contributed by atoms with Crippen LogP contribution in [0.15, 0.2) is 22.7 Å². The summed E-state index contributed by atoms with van der Waals surface area (Å²) in [4.78, 5) is 14.6. The molecular formula is C16H20BrFN2O. The van der Waals surface area contributed by atoms with E-state index >= 15 is 0 Å². The third-order valence-corrected chi connectivity index (χ3v) is 4.88. The molecule has 1 heterocycles. The smallest absolute Gasteiger partial charge is 0.254 e. The van der Waals surface area contributed by atoms with Crippen molar-refractivity contribution in [3.63, 3.8) is 0 Å². The number of amides is 1. The number of halogens is 2. The van der Waals surface area contributed by atoms with Gasteiger partial charge in [0.25, 0.3) is 5.91 Å². The number of carbonyl (C=O) groups is 1. The van der Waals surface area contributed by atoms with Gasteiger partial charge < -0.3 is 10.2 Å². The van der Waals surface area contributed by atoms with Gasteiger partial charge in [-0.05, 0) is 72.3 Å². The molecule has 0 radical (unpaired) electrons. The largest absolute Gasteiger partial charge is 0.337 e. The molecular weight excluding hydrogens is 335 g/mol. The molecule has 1 aliphatic heterocycles. The van der Waals surface area contributed by atoms with Gasteiger partial charge in [0.2, 0.25) is 0 Å². The highest BCUT2D eigenvalue weighted by atomic mass is 79.9. The first kappa shape index (κ1) is 15.0. The summed E-state index contributed by atoms with van der Waals surface area (Å²) < 4.78 is 14.0. The fourth-order valence-electron chi connectivity index (χ4n) is 2.84. The number of nitrogens with zero attached hydrogens (tertiary/aromatic N) is 1. The highest BCUT2D eigenvalue weighted by molar-refractivity contribution is 9.10. The SMILES string of the molecule is O=C(c1ccc(Br)c(F)c1)N(CC1CC1)CC1CCCN1. The summed E-state index contributed by atoms with van der Waals surface area (Å²) in [6.45, 7) is 2.56. The minimum Gasteiger partial charge on any atom is -0.337 e. The van der Waals surface area contributed by atoms with Crippen LogP contribution in [0.3, 0.4) is 0 Å². The van der Waals surface area contributed by atoms with Gasteiger partial charge in [-0.15, -0.1) is 0 Å². The van der Waals surface area contributed by atoms with Crippen molar-refractivity contribution >= 4 is 21.8 Å². The maximum Gasteiger partial charge on any atom is 0.254 e. The lowest BCUT2D eigenvalue weighted by Gasteiger charge is -2.26. The highest BCUT2D eigenvalue weighted by Crippen LogP contribution is 2.30. The minimum atomic E-state index is -0.383. The van der Waals surface area contributed by atoms with Crippen LogP contribution in [-0.2, 0) is 0 Å². The van der Waals surface area contributed by atoms with E-state index in [1.165, 1.54) is 25.3 Å². The van der Waals surface area contributed by atoms with Gasteiger partial charge in [-0.2, -0.15) is 0 Å². The van der Waals surface area contributed by atoms with E-state index in [0.29, 0.717) is 22.0 Å². The zero-order chi connectivity index (χ0) is 14.8. The van der Waals surface area contributed by atoms with Crippen LogP contribution in [0.5, 0.6) is 0 Å². The Morgan fingerprint density at radius 1 is 1.33 bits per heavy atom. The zero-order valence-corrected chi connectivity index (χ0v) is 13.5. The Labute approximate surface area is 133 Å². The number of rotatable bonds is 5. The molecule has 0 spiro atoms. The van der Waals surface area contributed by atoms with Gasteiger partial charge >= 0.3 is 0 Å². The first-order chi connectivity index (χ1) is 10.1. The Kier molecular flexibility index (Phi) is 4.60. The van der Waals surface area contributed by atoms with Gasteiger partial charge in [0.15, 0.2) is 0 Å². The van der Waals surface area contributed by atoms with Crippen LogP contribution in [0.1, 0.15) is 36.0 Å². The highest BCUT2D eigenvalue weighted by Gasteiger charge is 2.29. The molecule has 0 aromatic heterocycles. The van der Waals surface area contributed by atoms with Gasteiger partial charge in [0.1, 0.15) is 5.82 Å². The van der Waals surface area contributed by atoms with E-state index in [0.717, 1.165) is 26.1 Å². The normalized spacial score (nSPS) is 21.5. The molecule has 1 atom stereocenters. The molecule has 3 rings (SSSR count). The summed E-state index contributed by atoms with van der Waals surface area (Å²) in [6, 6.07) is 5.00. The second kappa shape index (κ2) is 6.44. The number of hydrogen-bond donors (Lipinski definition) is 1. The van der Waals surface area contributed by atoms with E-state index in [-0.39, 0.29) is 11.7 Å². The number of carbonyl (C=O) groups excluding carboxylic acids is 1. The Bertz CT molecular complexity index is 527. The first-order valence-electron chi connectivity index (χ1n) is 7.61. The molecule has 5 heteroatoms. The summed E-state index contributed by atoms with van der Waals surface area (Å²) in [6.07, 6.45) is 4.69. The van der Waals surface area contributed by atoms with Crippen molar-refractivity contribution in [2.24, 2.45) is 5.92 Å². The Morgan fingerprint density at radius 3 is 2.76 bits per heavy atom. The van der Waals surface area contributed by atoms with Gasteiger partial charge in [-0.3, -0.25) is 4.79 Å². The van der Waals surface area contributed by atoms with Crippen molar-refractivity contribution in [3.8, 4) is 0 Å². The summed E-state index contributed by atoms with van der Waals surface area (Å²) >= 11 is 3.13. The first-order valence-corrected chi connectivity index (χ1v) is 8.40. The van der Waals surface area contributed by atoms with Crippen LogP contribution in [-0.4, -0.2) is 36.5 Å². The van der Waals surface area contributed by atoms with E-state index in [1.807, 2.05) is 4.90 Å². The quantitative estimate of drug-likeness (QED) is 0.880. The maximum absolute atomic E-state index is 13.7. The van der Waals surface area contributed by atoms with Crippen LogP contribution < -0.4 is 5.32 Å². The lowest BCUT2D eigenvalue weighted by atomic mass is 10.1. The summed E-state index contributed by atoms with van der Waals surface area (Å²) in [5.41, 5.74) is 0.439. The van der Waals surface area contributed by atoms with Crippen molar-refractivity contribution in [1.82, 2.24) is 10.2 Å². The van der Waals surface area contributed by atoms with Crippen LogP contribution >= 0.6 is 15.9 Å². The molecule has 2 aliphatic rings. The van der Waals surface area contributed by atoms with Crippen molar-refractivity contribution in [2.45, 2.75) is 31.7 Å². The fraction of sp³-hybridized carbons (Fsp3) is 0.562. The predicted molar refractivity (Wildman–Crippen MR) is 83.8 cm³/mol. The third-order valence-electron chi connectivity index (χ3n) is 4.23. The monoisotopic (exact) mass is 354 g/mol. The standard InChI is InChI=1S/C16H20BrFN2O/c17-14-6-5-12(8-15(14)18)16(21)20(9-11-3-4-11)10-13-2-1-7-19-13/h5-6,8,11,13,19H,1-4,7,9-10H2. The Morgan fingerprint density at radius 2 is 2.14 bits per heavy atom. The molecule has 1 aromatic rings. The molecule has 1 unspecified atom stereocenters. The predicted octanol–water partition coefficient (Wildman–Crippen LogP) is 3.19. The van der Waals surface area contributed by atoms with Gasteiger partial charge in [0, 0.05) is 24.7 Å². The summed E-state index contributed by atoms with van der Waals surface area (Å²) in [5, 5.41) is 3.43. The van der Waals surface area contributed by atoms with Gasteiger partial charge in [-0.25, -0.2) is 4.39 Å². The minimum absolute atomic E-state index is 0.0537. The van der Waals surface area contributed by atoms with E-state index in [9.17, 15) is 9.18 Å². The number of nitrogens with one attached hydrogen (secondary N) is 1. The average molecular weight is 355 g/mol. The topological polar surface area (TPSA) is 32.3 Å². The van der Waals surface area contributed by atoms with E-state index in [4.69, 9.17) is 0 Å². The molecule has 1 saturated heterocycles. The molecule has 3 nitrogen and oxygen atoms in total. The molecule has 1 aliphatic carbocycles. The molecule has 1 amide bonds. The van der Waals surface area contributed by atoms with E-state index in [1.54, 1.807) is 12.1 Å². The molecule has 21 heavy (non-hydrogen) atoms. The summed E-state index contributed by atoms with van der Waals surface area (Å²) in [5.74, 6) is 0.198. The van der Waals surface area contributed by atoms with Crippen LogP contribution in [0, 0.1) is 11.7 Å². The number of hydrogen-bond acceptors (Lipinski definition) is 2. The second-order valence-corrected chi connectivity index (χ2v) is 6.93. The lowest BCUT2D eigenvalue weighted by molar-refractivity contribution is 0.0733. The molecule has 1 saturated carbocycles. The maximum atomic E-state index is 13.7. The molecule has 114 valence electrons. The zero-order valence-electron chi connectivity index (χ0n) is 11.9. The van der Waals surface area contributed by atoms with Gasteiger partial charge in [0.05, 0.1) is 4.47 Å². The molecule has 0 bridgehead atoms. The van der Waals surface area contributed by atoms with Gasteiger partial charge in [-0.1, -0.05) is 0 Å². The lowest BCUT2D eigenvalue weighted by Crippen LogP contribution is -2.42. The molecule has 1 N–H and O–H groups in total. The van der Waals surface area contributed by atoms with E-state index in [2.05, 4.69) is 21.2 Å². The van der Waals surface area contributed by atoms with Crippen molar-refractivity contribution < 1.29 is 9.18 Å². The Balaban J connectivity index is 1.73. The van der Waals surface area contributed by atoms with Crippen molar-refractivity contribution in [1.29, 1.82) is 0 Å². The molecule has 1 aromatic carbocycles. The van der Waals surface area contributed by atoms with Crippen LogP contribution in [0.25, 0.3) is 0 Å². The summed E-state index contributed by atoms with van der Waals surface area (Å²) in [7, 11) is 0. The number of benzene rings is 1. The van der Waals surface area contributed by atoms with Crippen LogP contribution in [0.2, 0.25) is 0 Å². The Hall–Kier alpha value is -0.940. The van der Waals surface area contributed by atoms with E-state index < -0.39 is 0 Å².